The molecule has 1 aliphatic heterocycles. The van der Waals surface area contributed by atoms with Crippen LogP contribution in [0.15, 0.2) is 22.7 Å². The molecular formula is C17H24BrN3O3. The van der Waals surface area contributed by atoms with Gasteiger partial charge < -0.3 is 20.7 Å². The van der Waals surface area contributed by atoms with Crippen molar-refractivity contribution in [1.29, 1.82) is 0 Å². The molecule has 0 atom stereocenters. The van der Waals surface area contributed by atoms with Gasteiger partial charge in [0.05, 0.1) is 18.6 Å². The lowest BCUT2D eigenvalue weighted by atomic mass is 9.78. The maximum absolute atomic E-state index is 12.6. The van der Waals surface area contributed by atoms with E-state index in [4.69, 9.17) is 4.74 Å². The molecule has 0 spiro atoms. The van der Waals surface area contributed by atoms with Gasteiger partial charge in [0.25, 0.3) is 0 Å². The smallest absolute Gasteiger partial charge is 0.243 e. The first-order chi connectivity index (χ1) is 11.5. The summed E-state index contributed by atoms with van der Waals surface area (Å²) in [5.74, 6) is -0.362. The molecule has 0 saturated carbocycles. The van der Waals surface area contributed by atoms with Crippen molar-refractivity contribution in [2.24, 2.45) is 5.41 Å². The van der Waals surface area contributed by atoms with Gasteiger partial charge in [-0.15, -0.1) is 0 Å². The summed E-state index contributed by atoms with van der Waals surface area (Å²) in [5, 5.41) is 8.79. The fourth-order valence-electron chi connectivity index (χ4n) is 2.89. The van der Waals surface area contributed by atoms with Gasteiger partial charge in [-0.05, 0) is 56.6 Å². The molecule has 1 aliphatic rings. The molecule has 0 aliphatic carbocycles. The van der Waals surface area contributed by atoms with Gasteiger partial charge in [-0.2, -0.15) is 0 Å². The number of ether oxygens (including phenoxy) is 1. The molecule has 7 heteroatoms. The standard InChI is InChI=1S/C17H24BrN3O3/c1-12-9-13(3-4-14(12)18)21-15(22)10-20-16(23)17(11-24-2)5-7-19-8-6-17/h3-4,9,19H,5-8,10-11H2,1-2H3,(H,20,23)(H,21,22). The van der Waals surface area contributed by atoms with Gasteiger partial charge in [0.1, 0.15) is 0 Å². The number of rotatable bonds is 6. The highest BCUT2D eigenvalue weighted by Crippen LogP contribution is 2.29. The lowest BCUT2D eigenvalue weighted by Gasteiger charge is -2.35. The van der Waals surface area contributed by atoms with Crippen molar-refractivity contribution < 1.29 is 14.3 Å². The van der Waals surface area contributed by atoms with Crippen LogP contribution in [0.4, 0.5) is 5.69 Å². The Balaban J connectivity index is 1.89. The van der Waals surface area contributed by atoms with E-state index in [0.717, 1.165) is 23.1 Å². The maximum atomic E-state index is 12.6. The van der Waals surface area contributed by atoms with Crippen molar-refractivity contribution in [3.05, 3.63) is 28.2 Å². The Morgan fingerprint density at radius 1 is 1.33 bits per heavy atom. The lowest BCUT2D eigenvalue weighted by molar-refractivity contribution is -0.137. The second kappa shape index (κ2) is 8.60. The lowest BCUT2D eigenvalue weighted by Crippen LogP contribution is -2.51. The van der Waals surface area contributed by atoms with Gasteiger partial charge in [-0.1, -0.05) is 15.9 Å². The first-order valence-corrected chi connectivity index (χ1v) is 8.80. The Labute approximate surface area is 150 Å². The van der Waals surface area contributed by atoms with Crippen LogP contribution in [0.2, 0.25) is 0 Å². The number of benzene rings is 1. The number of carbonyl (C=O) groups excluding carboxylic acids is 2. The molecule has 0 unspecified atom stereocenters. The van der Waals surface area contributed by atoms with E-state index >= 15 is 0 Å². The molecule has 132 valence electrons. The third-order valence-corrected chi connectivity index (χ3v) is 5.20. The minimum Gasteiger partial charge on any atom is -0.384 e. The van der Waals surface area contributed by atoms with E-state index in [1.165, 1.54) is 0 Å². The van der Waals surface area contributed by atoms with Crippen LogP contribution in [-0.4, -0.2) is 45.2 Å². The summed E-state index contributed by atoms with van der Waals surface area (Å²) >= 11 is 3.42. The zero-order valence-electron chi connectivity index (χ0n) is 14.1. The molecule has 2 rings (SSSR count). The van der Waals surface area contributed by atoms with Gasteiger partial charge in [-0.25, -0.2) is 0 Å². The molecular weight excluding hydrogens is 374 g/mol. The molecule has 1 aromatic rings. The Morgan fingerprint density at radius 3 is 2.67 bits per heavy atom. The summed E-state index contributed by atoms with van der Waals surface area (Å²) < 4.78 is 6.23. The monoisotopic (exact) mass is 397 g/mol. The number of hydrogen-bond donors (Lipinski definition) is 3. The molecule has 1 aromatic carbocycles. The van der Waals surface area contributed by atoms with Crippen LogP contribution in [-0.2, 0) is 14.3 Å². The first kappa shape index (κ1) is 18.9. The van der Waals surface area contributed by atoms with Crippen molar-refractivity contribution >= 4 is 33.4 Å². The second-order valence-electron chi connectivity index (χ2n) is 6.16. The number of piperidine rings is 1. The van der Waals surface area contributed by atoms with E-state index in [-0.39, 0.29) is 18.4 Å². The molecule has 24 heavy (non-hydrogen) atoms. The summed E-state index contributed by atoms with van der Waals surface area (Å²) in [6.07, 6.45) is 1.42. The Morgan fingerprint density at radius 2 is 2.04 bits per heavy atom. The highest BCUT2D eigenvalue weighted by Gasteiger charge is 2.39. The molecule has 1 saturated heterocycles. The third kappa shape index (κ3) is 4.78. The van der Waals surface area contributed by atoms with E-state index in [0.29, 0.717) is 25.1 Å². The highest BCUT2D eigenvalue weighted by molar-refractivity contribution is 9.10. The Kier molecular flexibility index (Phi) is 6.77. The van der Waals surface area contributed by atoms with E-state index in [1.807, 2.05) is 25.1 Å². The molecule has 6 nitrogen and oxygen atoms in total. The number of amides is 2. The summed E-state index contributed by atoms with van der Waals surface area (Å²) in [6, 6.07) is 5.57. The zero-order chi connectivity index (χ0) is 17.6. The van der Waals surface area contributed by atoms with E-state index in [2.05, 4.69) is 31.9 Å². The molecule has 0 radical (unpaired) electrons. The summed E-state index contributed by atoms with van der Waals surface area (Å²) in [7, 11) is 1.60. The number of nitrogens with one attached hydrogen (secondary N) is 3. The number of carbonyl (C=O) groups is 2. The van der Waals surface area contributed by atoms with Crippen LogP contribution in [0.25, 0.3) is 0 Å². The van der Waals surface area contributed by atoms with Gasteiger partial charge in [-0.3, -0.25) is 9.59 Å². The number of hydrogen-bond acceptors (Lipinski definition) is 4. The van der Waals surface area contributed by atoms with Crippen LogP contribution in [0.1, 0.15) is 18.4 Å². The van der Waals surface area contributed by atoms with Gasteiger partial charge in [0.2, 0.25) is 11.8 Å². The summed E-state index contributed by atoms with van der Waals surface area (Å²) in [4.78, 5) is 24.6. The Bertz CT molecular complexity index is 595. The number of methoxy groups -OCH3 is 1. The average molecular weight is 398 g/mol. The minimum atomic E-state index is -0.547. The summed E-state index contributed by atoms with van der Waals surface area (Å²) in [6.45, 7) is 3.83. The van der Waals surface area contributed by atoms with Gasteiger partial charge in [0.15, 0.2) is 0 Å². The predicted molar refractivity (Wildman–Crippen MR) is 96.9 cm³/mol. The van der Waals surface area contributed by atoms with Crippen LogP contribution in [0.3, 0.4) is 0 Å². The van der Waals surface area contributed by atoms with E-state index in [1.54, 1.807) is 7.11 Å². The predicted octanol–water partition coefficient (Wildman–Crippen LogP) is 1.83. The summed E-state index contributed by atoms with van der Waals surface area (Å²) in [5.41, 5.74) is 1.20. The second-order valence-corrected chi connectivity index (χ2v) is 7.01. The largest absolute Gasteiger partial charge is 0.384 e. The van der Waals surface area contributed by atoms with E-state index < -0.39 is 5.41 Å². The maximum Gasteiger partial charge on any atom is 0.243 e. The SMILES string of the molecule is COCC1(C(=O)NCC(=O)Nc2ccc(Br)c(C)c2)CCNCC1. The molecule has 3 N–H and O–H groups in total. The van der Waals surface area contributed by atoms with Gasteiger partial charge in [0, 0.05) is 17.3 Å². The topological polar surface area (TPSA) is 79.5 Å². The normalized spacial score (nSPS) is 16.5. The van der Waals surface area contributed by atoms with Crippen molar-refractivity contribution in [2.45, 2.75) is 19.8 Å². The fourth-order valence-corrected chi connectivity index (χ4v) is 3.14. The zero-order valence-corrected chi connectivity index (χ0v) is 15.7. The van der Waals surface area contributed by atoms with Crippen LogP contribution in [0, 0.1) is 12.3 Å². The number of aryl methyl sites for hydroxylation is 1. The molecule has 2 amide bonds. The molecule has 1 fully saturated rings. The number of anilines is 1. The first-order valence-electron chi connectivity index (χ1n) is 8.01. The van der Waals surface area contributed by atoms with Gasteiger partial charge >= 0.3 is 0 Å². The van der Waals surface area contributed by atoms with Crippen molar-refractivity contribution in [2.75, 3.05) is 38.7 Å². The van der Waals surface area contributed by atoms with Crippen molar-refractivity contribution in [1.82, 2.24) is 10.6 Å². The van der Waals surface area contributed by atoms with E-state index in [9.17, 15) is 9.59 Å². The van der Waals surface area contributed by atoms with Crippen molar-refractivity contribution in [3.8, 4) is 0 Å². The third-order valence-electron chi connectivity index (χ3n) is 4.31. The molecule has 1 heterocycles. The average Bonchev–Trinajstić information content (AvgIpc) is 2.57. The Hall–Kier alpha value is -1.44. The van der Waals surface area contributed by atoms with Crippen LogP contribution < -0.4 is 16.0 Å². The fraction of sp³-hybridized carbons (Fsp3) is 0.529. The minimum absolute atomic E-state index is 0.0488. The highest BCUT2D eigenvalue weighted by atomic mass is 79.9. The molecule has 0 aromatic heterocycles. The van der Waals surface area contributed by atoms with Crippen LogP contribution in [0.5, 0.6) is 0 Å². The van der Waals surface area contributed by atoms with Crippen LogP contribution >= 0.6 is 15.9 Å². The number of halogens is 1. The van der Waals surface area contributed by atoms with Crippen molar-refractivity contribution in [3.63, 3.8) is 0 Å². The molecule has 0 bridgehead atoms. The quantitative estimate of drug-likeness (QED) is 0.683.